The molecule has 3 aromatic heterocycles. The topological polar surface area (TPSA) is 126 Å². The first kappa shape index (κ1) is 25.4. The van der Waals surface area contributed by atoms with E-state index in [2.05, 4.69) is 4.99 Å². The molecular formula is C26H21N3O7S2. The number of nitrogens with zero attached hydrogens (tertiary/aromatic N) is 3. The van der Waals surface area contributed by atoms with Gasteiger partial charge in [0.2, 0.25) is 0 Å². The lowest BCUT2D eigenvalue weighted by atomic mass is 10.0. The van der Waals surface area contributed by atoms with Crippen LogP contribution in [0.2, 0.25) is 0 Å². The van der Waals surface area contributed by atoms with Gasteiger partial charge in [0.25, 0.3) is 11.2 Å². The predicted octanol–water partition coefficient (Wildman–Crippen LogP) is 4.04. The highest BCUT2D eigenvalue weighted by Gasteiger charge is 2.34. The van der Waals surface area contributed by atoms with Crippen molar-refractivity contribution in [1.29, 1.82) is 0 Å². The van der Waals surface area contributed by atoms with Crippen LogP contribution in [0.15, 0.2) is 73.3 Å². The van der Waals surface area contributed by atoms with E-state index < -0.39 is 16.9 Å². The van der Waals surface area contributed by atoms with Crippen LogP contribution in [-0.2, 0) is 9.53 Å². The zero-order valence-electron chi connectivity index (χ0n) is 20.5. The average molecular weight is 552 g/mol. The van der Waals surface area contributed by atoms with E-state index in [0.717, 1.165) is 4.88 Å². The predicted molar refractivity (Wildman–Crippen MR) is 142 cm³/mol. The molecule has 38 heavy (non-hydrogen) atoms. The van der Waals surface area contributed by atoms with Crippen molar-refractivity contribution < 1.29 is 23.6 Å². The summed E-state index contributed by atoms with van der Waals surface area (Å²) in [5.74, 6) is 0.448. The smallest absolute Gasteiger partial charge is 0.338 e. The summed E-state index contributed by atoms with van der Waals surface area (Å²) < 4.78 is 18.1. The molecule has 0 N–H and O–H groups in total. The number of ether oxygens (including phenoxy) is 2. The van der Waals surface area contributed by atoms with E-state index in [0.29, 0.717) is 32.1 Å². The summed E-state index contributed by atoms with van der Waals surface area (Å²) in [6.07, 6.45) is 1.57. The summed E-state index contributed by atoms with van der Waals surface area (Å²) in [7, 11) is 1.43. The third-order valence-electron chi connectivity index (χ3n) is 5.90. The van der Waals surface area contributed by atoms with E-state index in [1.54, 1.807) is 44.2 Å². The Morgan fingerprint density at radius 1 is 1.29 bits per heavy atom. The summed E-state index contributed by atoms with van der Waals surface area (Å²) in [6, 6.07) is 10.8. The van der Waals surface area contributed by atoms with Crippen molar-refractivity contribution in [1.82, 2.24) is 4.57 Å². The van der Waals surface area contributed by atoms with Crippen LogP contribution in [0.3, 0.4) is 0 Å². The third-order valence-corrected chi connectivity index (χ3v) is 7.80. The van der Waals surface area contributed by atoms with Gasteiger partial charge < -0.3 is 13.9 Å². The van der Waals surface area contributed by atoms with Crippen LogP contribution in [0.4, 0.5) is 5.69 Å². The van der Waals surface area contributed by atoms with Gasteiger partial charge in [-0.25, -0.2) is 9.79 Å². The van der Waals surface area contributed by atoms with Crippen LogP contribution < -0.4 is 19.6 Å². The number of thiazole rings is 1. The number of esters is 1. The average Bonchev–Trinajstić information content (AvgIpc) is 3.65. The maximum atomic E-state index is 13.6. The molecule has 12 heteroatoms. The lowest BCUT2D eigenvalue weighted by Crippen LogP contribution is -2.39. The molecule has 1 aromatic carbocycles. The van der Waals surface area contributed by atoms with Crippen molar-refractivity contribution in [3.8, 4) is 17.1 Å². The quantitative estimate of drug-likeness (QED) is 0.193. The number of benzene rings is 1. The van der Waals surface area contributed by atoms with E-state index in [1.165, 1.54) is 40.4 Å². The fourth-order valence-corrected chi connectivity index (χ4v) is 6.06. The van der Waals surface area contributed by atoms with E-state index in [4.69, 9.17) is 13.9 Å². The van der Waals surface area contributed by atoms with Gasteiger partial charge in [-0.3, -0.25) is 19.5 Å². The lowest BCUT2D eigenvalue weighted by molar-refractivity contribution is -0.384. The van der Waals surface area contributed by atoms with Gasteiger partial charge in [0.1, 0.15) is 23.3 Å². The lowest BCUT2D eigenvalue weighted by Gasteiger charge is -2.23. The number of thiophene rings is 1. The van der Waals surface area contributed by atoms with Gasteiger partial charge in [0, 0.05) is 11.0 Å². The number of fused-ring (bicyclic) bond motifs is 1. The first-order chi connectivity index (χ1) is 18.3. The molecule has 0 unspecified atom stereocenters. The SMILES string of the molecule is CCOC(=O)C1=C(C)N=c2s/c(=C\c3ccc(-c4ccc(OC)cc4[N+](=O)[O-])o3)c(=O)n2[C@H]1c1cccs1. The largest absolute Gasteiger partial charge is 0.497 e. The van der Waals surface area contributed by atoms with Gasteiger partial charge in [-0.15, -0.1) is 11.3 Å². The molecule has 4 heterocycles. The summed E-state index contributed by atoms with van der Waals surface area (Å²) in [6.45, 7) is 3.65. The molecule has 0 fully saturated rings. The molecule has 0 amide bonds. The molecule has 10 nitrogen and oxygen atoms in total. The van der Waals surface area contributed by atoms with Gasteiger partial charge >= 0.3 is 5.97 Å². The Morgan fingerprint density at radius 2 is 2.11 bits per heavy atom. The highest BCUT2D eigenvalue weighted by atomic mass is 32.1. The highest BCUT2D eigenvalue weighted by molar-refractivity contribution is 7.10. The van der Waals surface area contributed by atoms with Crippen molar-refractivity contribution in [2.75, 3.05) is 13.7 Å². The van der Waals surface area contributed by atoms with Gasteiger partial charge in [-0.05, 0) is 49.6 Å². The number of furan rings is 1. The van der Waals surface area contributed by atoms with Crippen LogP contribution >= 0.6 is 22.7 Å². The van der Waals surface area contributed by atoms with E-state index in [1.807, 2.05) is 17.5 Å². The number of hydrogen-bond acceptors (Lipinski definition) is 10. The number of carbonyl (C=O) groups is 1. The molecule has 1 aliphatic rings. The standard InChI is InChI=1S/C26H21N3O7S2/c1-4-35-25(31)22-14(2)27-26-28(23(22)20-6-5-11-37-20)24(30)21(38-26)13-16-8-10-19(36-16)17-9-7-15(34-3)12-18(17)29(32)33/h5-13,23H,4H2,1-3H3/b21-13-/t23-/m0/s1. The number of nitro groups is 1. The Bertz CT molecular complexity index is 1760. The maximum absolute atomic E-state index is 13.6. The van der Waals surface area contributed by atoms with Crippen molar-refractivity contribution in [3.05, 3.63) is 99.6 Å². The van der Waals surface area contributed by atoms with Crippen LogP contribution in [0.25, 0.3) is 17.4 Å². The van der Waals surface area contributed by atoms with Crippen molar-refractivity contribution in [3.63, 3.8) is 0 Å². The maximum Gasteiger partial charge on any atom is 0.338 e. The Labute approximate surface area is 223 Å². The Balaban J connectivity index is 1.60. The molecule has 0 spiro atoms. The van der Waals surface area contributed by atoms with Crippen LogP contribution in [0.5, 0.6) is 5.75 Å². The van der Waals surface area contributed by atoms with Gasteiger partial charge in [0.05, 0.1) is 46.1 Å². The fraction of sp³-hybridized carbons (Fsp3) is 0.192. The van der Waals surface area contributed by atoms with E-state index in [9.17, 15) is 19.7 Å². The number of aromatic nitrogens is 1. The molecule has 194 valence electrons. The van der Waals surface area contributed by atoms with E-state index >= 15 is 0 Å². The number of carbonyl (C=O) groups excluding carboxylic acids is 1. The molecule has 0 aliphatic carbocycles. The Hall–Kier alpha value is -4.29. The summed E-state index contributed by atoms with van der Waals surface area (Å²) in [4.78, 5) is 43.4. The van der Waals surface area contributed by atoms with Gasteiger partial charge in [-0.2, -0.15) is 0 Å². The number of rotatable bonds is 7. The first-order valence-corrected chi connectivity index (χ1v) is 13.2. The molecule has 0 bridgehead atoms. The molecule has 5 rings (SSSR count). The normalized spacial score (nSPS) is 15.2. The second-order valence-electron chi connectivity index (χ2n) is 8.16. The molecule has 0 radical (unpaired) electrons. The van der Waals surface area contributed by atoms with Gasteiger partial charge in [0.15, 0.2) is 4.80 Å². The Kier molecular flexibility index (Phi) is 6.83. The van der Waals surface area contributed by atoms with Crippen LogP contribution in [0.1, 0.15) is 30.5 Å². The molecular weight excluding hydrogens is 530 g/mol. The second kappa shape index (κ2) is 10.2. The minimum atomic E-state index is -0.665. The van der Waals surface area contributed by atoms with Crippen molar-refractivity contribution >= 4 is 40.4 Å². The Morgan fingerprint density at radius 3 is 2.79 bits per heavy atom. The first-order valence-electron chi connectivity index (χ1n) is 11.5. The monoisotopic (exact) mass is 551 g/mol. The minimum absolute atomic E-state index is 0.164. The molecule has 0 saturated heterocycles. The molecule has 0 saturated carbocycles. The summed E-state index contributed by atoms with van der Waals surface area (Å²) in [5.41, 5.74) is 0.587. The van der Waals surface area contributed by atoms with Crippen molar-refractivity contribution in [2.45, 2.75) is 19.9 Å². The number of hydrogen-bond donors (Lipinski definition) is 0. The zero-order chi connectivity index (χ0) is 27.0. The number of allylic oxidation sites excluding steroid dienone is 1. The number of methoxy groups -OCH3 is 1. The molecule has 4 aromatic rings. The minimum Gasteiger partial charge on any atom is -0.497 e. The summed E-state index contributed by atoms with van der Waals surface area (Å²) >= 11 is 2.60. The van der Waals surface area contributed by atoms with Crippen LogP contribution in [-0.4, -0.2) is 29.2 Å². The van der Waals surface area contributed by atoms with E-state index in [-0.39, 0.29) is 29.2 Å². The zero-order valence-corrected chi connectivity index (χ0v) is 22.1. The van der Waals surface area contributed by atoms with Gasteiger partial charge in [-0.1, -0.05) is 17.4 Å². The molecule has 1 aliphatic heterocycles. The fourth-order valence-electron chi connectivity index (χ4n) is 4.21. The summed E-state index contributed by atoms with van der Waals surface area (Å²) in [5, 5.41) is 13.5. The third kappa shape index (κ3) is 4.48. The second-order valence-corrected chi connectivity index (χ2v) is 10.1. The number of nitro benzene ring substituents is 1. The molecule has 1 atom stereocenters. The highest BCUT2D eigenvalue weighted by Crippen LogP contribution is 2.35. The van der Waals surface area contributed by atoms with Crippen LogP contribution in [0, 0.1) is 10.1 Å². The van der Waals surface area contributed by atoms with Crippen molar-refractivity contribution in [2.24, 2.45) is 4.99 Å².